The van der Waals surface area contributed by atoms with Crippen molar-refractivity contribution >= 4 is 23.6 Å². The summed E-state index contributed by atoms with van der Waals surface area (Å²) in [4.78, 5) is 27.8. The van der Waals surface area contributed by atoms with E-state index in [0.717, 1.165) is 25.3 Å². The van der Waals surface area contributed by atoms with Gasteiger partial charge in [-0.1, -0.05) is 13.8 Å². The summed E-state index contributed by atoms with van der Waals surface area (Å²) in [7, 11) is 0. The molecule has 2 amide bonds. The lowest BCUT2D eigenvalue weighted by molar-refractivity contribution is -0.152. The molecule has 0 aliphatic carbocycles. The monoisotopic (exact) mass is 285 g/mol. The van der Waals surface area contributed by atoms with E-state index in [0.29, 0.717) is 26.2 Å². The molecule has 0 radical (unpaired) electrons. The van der Waals surface area contributed by atoms with E-state index < -0.39 is 0 Å². The molecule has 2 aliphatic heterocycles. The molecule has 2 saturated heterocycles. The van der Waals surface area contributed by atoms with Crippen molar-refractivity contribution in [2.45, 2.75) is 25.0 Å². The Morgan fingerprint density at radius 2 is 1.58 bits per heavy atom. The molecule has 0 atom stereocenters. The maximum Gasteiger partial charge on any atom is 0.312 e. The van der Waals surface area contributed by atoms with E-state index >= 15 is 0 Å². The summed E-state index contributed by atoms with van der Waals surface area (Å²) in [5.74, 6) is 0.263. The molecule has 2 rings (SSSR count). The Hall–Kier alpha value is -0.750. The van der Waals surface area contributed by atoms with Crippen molar-refractivity contribution in [2.75, 3.05) is 45.0 Å². The first-order chi connectivity index (χ1) is 8.99. The van der Waals surface area contributed by atoms with Crippen molar-refractivity contribution in [2.24, 2.45) is 0 Å². The van der Waals surface area contributed by atoms with E-state index in [9.17, 15) is 9.59 Å². The summed E-state index contributed by atoms with van der Waals surface area (Å²) >= 11 is 1.88. The zero-order chi connectivity index (χ0) is 13.9. The molecule has 2 heterocycles. The predicted molar refractivity (Wildman–Crippen MR) is 77.2 cm³/mol. The third kappa shape index (κ3) is 3.86. The van der Waals surface area contributed by atoms with Crippen molar-refractivity contribution < 1.29 is 9.59 Å². The molecule has 0 aromatic carbocycles. The molecule has 2 aliphatic rings. The van der Waals surface area contributed by atoms with Gasteiger partial charge in [0.2, 0.25) is 0 Å². The van der Waals surface area contributed by atoms with Gasteiger partial charge in [0.05, 0.1) is 0 Å². The van der Waals surface area contributed by atoms with E-state index in [2.05, 4.69) is 19.2 Å². The summed E-state index contributed by atoms with van der Waals surface area (Å²) in [5, 5.41) is 3.19. The summed E-state index contributed by atoms with van der Waals surface area (Å²) in [6, 6.07) is 0. The first-order valence-electron chi connectivity index (χ1n) is 6.92. The maximum absolute atomic E-state index is 12.3. The van der Waals surface area contributed by atoms with Gasteiger partial charge in [-0.25, -0.2) is 0 Å². The van der Waals surface area contributed by atoms with E-state index in [4.69, 9.17) is 0 Å². The van der Waals surface area contributed by atoms with Crippen LogP contribution < -0.4 is 5.32 Å². The smallest absolute Gasteiger partial charge is 0.312 e. The molecule has 19 heavy (non-hydrogen) atoms. The molecule has 0 spiro atoms. The number of carbonyl (C=O) groups excluding carboxylic acids is 2. The molecule has 0 aromatic heterocycles. The first-order valence-corrected chi connectivity index (χ1v) is 7.91. The number of amides is 2. The van der Waals surface area contributed by atoms with Gasteiger partial charge in [0.1, 0.15) is 0 Å². The van der Waals surface area contributed by atoms with E-state index in [1.807, 2.05) is 11.8 Å². The third-order valence-electron chi connectivity index (χ3n) is 3.71. The van der Waals surface area contributed by atoms with Crippen molar-refractivity contribution in [3.05, 3.63) is 0 Å². The first kappa shape index (κ1) is 14.7. The average Bonchev–Trinajstić information content (AvgIpc) is 2.59. The maximum atomic E-state index is 12.3. The molecule has 5 nitrogen and oxygen atoms in total. The molecule has 108 valence electrons. The van der Waals surface area contributed by atoms with Gasteiger partial charge in [-0.2, -0.15) is 11.8 Å². The molecule has 0 unspecified atom stereocenters. The van der Waals surface area contributed by atoms with Crippen LogP contribution in [0.4, 0.5) is 0 Å². The van der Waals surface area contributed by atoms with Gasteiger partial charge in [-0.15, -0.1) is 0 Å². The lowest BCUT2D eigenvalue weighted by Gasteiger charge is -2.29. The lowest BCUT2D eigenvalue weighted by Crippen LogP contribution is -2.52. The number of carbonyl (C=O) groups is 2. The molecule has 2 fully saturated rings. The van der Waals surface area contributed by atoms with Crippen molar-refractivity contribution in [1.29, 1.82) is 0 Å². The minimum absolute atomic E-state index is 0.202. The van der Waals surface area contributed by atoms with Gasteiger partial charge in [-0.3, -0.25) is 9.59 Å². The minimum atomic E-state index is -0.328. The predicted octanol–water partition coefficient (Wildman–Crippen LogP) is 0.162. The summed E-state index contributed by atoms with van der Waals surface area (Å²) in [5.41, 5.74) is 0. The number of rotatable bonds is 0. The third-order valence-corrected chi connectivity index (χ3v) is 5.08. The highest BCUT2D eigenvalue weighted by Gasteiger charge is 2.31. The number of hydrogen-bond acceptors (Lipinski definition) is 4. The Kier molecular flexibility index (Phi) is 4.73. The van der Waals surface area contributed by atoms with Gasteiger partial charge in [0.15, 0.2) is 0 Å². The van der Waals surface area contributed by atoms with Crippen molar-refractivity contribution in [1.82, 2.24) is 15.1 Å². The molecule has 0 aromatic rings. The van der Waals surface area contributed by atoms with Crippen molar-refractivity contribution in [3.63, 3.8) is 0 Å². The fourth-order valence-electron chi connectivity index (χ4n) is 2.36. The van der Waals surface area contributed by atoms with Crippen molar-refractivity contribution in [3.8, 4) is 0 Å². The normalized spacial score (nSPS) is 23.9. The lowest BCUT2D eigenvalue weighted by atomic mass is 10.1. The Balaban J connectivity index is 1.93. The van der Waals surface area contributed by atoms with Crippen LogP contribution in [0.3, 0.4) is 0 Å². The van der Waals surface area contributed by atoms with Crippen LogP contribution in [0.2, 0.25) is 0 Å². The number of hydrogen-bond donors (Lipinski definition) is 1. The fourth-order valence-corrected chi connectivity index (χ4v) is 3.46. The molecular formula is C13H23N3O2S. The average molecular weight is 285 g/mol. The van der Waals surface area contributed by atoms with Crippen LogP contribution >= 0.6 is 11.8 Å². The molecule has 0 saturated carbocycles. The van der Waals surface area contributed by atoms with Crippen LogP contribution in [0, 0.1) is 0 Å². The number of piperazine rings is 1. The standard InChI is InChI=1S/C13H23N3O2S/c1-13(2)3-6-15(9-10-19-13)11(17)12(18)16-7-4-14-5-8-16/h14H,3-10H2,1-2H3. The van der Waals surface area contributed by atoms with Crippen LogP contribution in [0.1, 0.15) is 20.3 Å². The van der Waals surface area contributed by atoms with Gasteiger partial charge < -0.3 is 15.1 Å². The second kappa shape index (κ2) is 6.13. The zero-order valence-corrected chi connectivity index (χ0v) is 12.6. The highest BCUT2D eigenvalue weighted by molar-refractivity contribution is 8.00. The molecule has 6 heteroatoms. The van der Waals surface area contributed by atoms with Crippen LogP contribution in [0.25, 0.3) is 0 Å². The highest BCUT2D eigenvalue weighted by Crippen LogP contribution is 2.30. The van der Waals surface area contributed by atoms with E-state index in [-0.39, 0.29) is 16.6 Å². The summed E-state index contributed by atoms with van der Waals surface area (Å²) < 4.78 is 0.202. The quantitative estimate of drug-likeness (QED) is 0.644. The van der Waals surface area contributed by atoms with Gasteiger partial charge >= 0.3 is 11.8 Å². The number of nitrogens with one attached hydrogen (secondary N) is 1. The van der Waals surface area contributed by atoms with E-state index in [1.165, 1.54) is 0 Å². The number of thioether (sulfide) groups is 1. The minimum Gasteiger partial charge on any atom is -0.334 e. The van der Waals surface area contributed by atoms with Crippen LogP contribution in [0.15, 0.2) is 0 Å². The SMILES string of the molecule is CC1(C)CCN(C(=O)C(=O)N2CCNCC2)CCS1. The Labute approximate surface area is 119 Å². The van der Waals surface area contributed by atoms with Crippen LogP contribution in [0.5, 0.6) is 0 Å². The van der Waals surface area contributed by atoms with Gasteiger partial charge in [-0.05, 0) is 6.42 Å². The molecular weight excluding hydrogens is 262 g/mol. The zero-order valence-electron chi connectivity index (χ0n) is 11.8. The Morgan fingerprint density at radius 1 is 1.00 bits per heavy atom. The Bertz CT molecular complexity index is 354. The largest absolute Gasteiger partial charge is 0.334 e. The van der Waals surface area contributed by atoms with E-state index in [1.54, 1.807) is 9.80 Å². The second-order valence-electron chi connectivity index (χ2n) is 5.69. The summed E-state index contributed by atoms with van der Waals surface area (Å²) in [6.07, 6.45) is 0.943. The fraction of sp³-hybridized carbons (Fsp3) is 0.846. The highest BCUT2D eigenvalue weighted by atomic mass is 32.2. The second-order valence-corrected chi connectivity index (χ2v) is 7.49. The molecule has 0 bridgehead atoms. The molecule has 1 N–H and O–H groups in total. The van der Waals surface area contributed by atoms with Crippen LogP contribution in [-0.4, -0.2) is 71.4 Å². The summed E-state index contributed by atoms with van der Waals surface area (Å²) in [6.45, 7) is 8.61. The number of nitrogens with zero attached hydrogens (tertiary/aromatic N) is 2. The Morgan fingerprint density at radius 3 is 2.21 bits per heavy atom. The van der Waals surface area contributed by atoms with Gasteiger partial charge in [0, 0.05) is 49.8 Å². The van der Waals surface area contributed by atoms with Gasteiger partial charge in [0.25, 0.3) is 0 Å². The van der Waals surface area contributed by atoms with Crippen LogP contribution in [-0.2, 0) is 9.59 Å². The topological polar surface area (TPSA) is 52.7 Å².